The summed E-state index contributed by atoms with van der Waals surface area (Å²) in [6.07, 6.45) is 1.58. The van der Waals surface area contributed by atoms with Crippen molar-refractivity contribution in [2.75, 3.05) is 26.1 Å². The maximum absolute atomic E-state index is 12.3. The molecule has 26 heavy (non-hydrogen) atoms. The van der Waals surface area contributed by atoms with Crippen LogP contribution in [0.2, 0.25) is 0 Å². The molecule has 0 saturated carbocycles. The Kier molecular flexibility index (Phi) is 6.81. The molecule has 134 valence electrons. The number of amides is 1. The van der Waals surface area contributed by atoms with Crippen LogP contribution in [0.4, 0.5) is 5.69 Å². The molecule has 0 fully saturated rings. The molecule has 0 aromatic heterocycles. The van der Waals surface area contributed by atoms with Crippen molar-refractivity contribution >= 4 is 33.6 Å². The summed E-state index contributed by atoms with van der Waals surface area (Å²) in [7, 11) is 5.50. The Balaban J connectivity index is 2.09. The average molecular weight is 414 g/mol. The first-order valence-electron chi connectivity index (χ1n) is 7.94. The lowest BCUT2D eigenvalue weighted by Crippen LogP contribution is -2.23. The molecule has 1 N–H and O–H groups in total. The third kappa shape index (κ3) is 5.11. The summed E-state index contributed by atoms with van der Waals surface area (Å²) in [4.78, 5) is 14.3. The van der Waals surface area contributed by atoms with Crippen molar-refractivity contribution in [1.82, 2.24) is 5.32 Å². The van der Waals surface area contributed by atoms with E-state index in [0.29, 0.717) is 6.54 Å². The molecule has 0 aliphatic heterocycles. The Morgan fingerprint density at radius 2 is 1.96 bits per heavy atom. The Morgan fingerprint density at radius 3 is 2.50 bits per heavy atom. The molecule has 6 heteroatoms. The average Bonchev–Trinajstić information content (AvgIpc) is 2.64. The number of rotatable bonds is 6. The van der Waals surface area contributed by atoms with Crippen molar-refractivity contribution in [3.8, 4) is 11.8 Å². The summed E-state index contributed by atoms with van der Waals surface area (Å²) < 4.78 is 6.00. The SMILES string of the molecule is COc1ccc(CNC(=O)C(C#N)=Cc2ccc(N(C)C)c(Br)c2)cc1. The van der Waals surface area contributed by atoms with Crippen LogP contribution in [0.15, 0.2) is 52.5 Å². The second-order valence-electron chi connectivity index (χ2n) is 5.81. The van der Waals surface area contributed by atoms with E-state index in [9.17, 15) is 10.1 Å². The van der Waals surface area contributed by atoms with Gasteiger partial charge in [-0.2, -0.15) is 5.26 Å². The summed E-state index contributed by atoms with van der Waals surface area (Å²) in [5.74, 6) is 0.348. The zero-order valence-electron chi connectivity index (χ0n) is 14.9. The predicted octanol–water partition coefficient (Wildman–Crippen LogP) is 3.75. The number of carbonyl (C=O) groups is 1. The van der Waals surface area contributed by atoms with Crippen LogP contribution >= 0.6 is 15.9 Å². The molecular formula is C20H20BrN3O2. The van der Waals surface area contributed by atoms with Gasteiger partial charge < -0.3 is 15.0 Å². The second-order valence-corrected chi connectivity index (χ2v) is 6.66. The number of ether oxygens (including phenoxy) is 1. The lowest BCUT2D eigenvalue weighted by atomic mass is 10.1. The molecule has 0 spiro atoms. The number of methoxy groups -OCH3 is 1. The van der Waals surface area contributed by atoms with Crippen LogP contribution in [-0.2, 0) is 11.3 Å². The first kappa shape index (κ1) is 19.5. The summed E-state index contributed by atoms with van der Waals surface area (Å²) in [6.45, 7) is 0.338. The van der Waals surface area contributed by atoms with E-state index in [1.807, 2.05) is 67.5 Å². The molecule has 0 bridgehead atoms. The van der Waals surface area contributed by atoms with Crippen molar-refractivity contribution in [3.05, 3.63) is 63.6 Å². The summed E-state index contributed by atoms with van der Waals surface area (Å²) >= 11 is 3.51. The molecule has 0 saturated heterocycles. The van der Waals surface area contributed by atoms with E-state index in [1.165, 1.54) is 0 Å². The number of hydrogen-bond acceptors (Lipinski definition) is 4. The standard InChI is InChI=1S/C20H20BrN3O2/c1-24(2)19-9-6-15(11-18(19)21)10-16(12-22)20(25)23-13-14-4-7-17(26-3)8-5-14/h4-11H,13H2,1-3H3,(H,23,25). The first-order chi connectivity index (χ1) is 12.4. The maximum atomic E-state index is 12.3. The van der Waals surface area contributed by atoms with Gasteiger partial charge in [0.1, 0.15) is 17.4 Å². The van der Waals surface area contributed by atoms with Gasteiger partial charge in [0.05, 0.1) is 12.8 Å². The molecule has 0 unspecified atom stereocenters. The van der Waals surface area contributed by atoms with Gasteiger partial charge in [-0.25, -0.2) is 0 Å². The number of anilines is 1. The topological polar surface area (TPSA) is 65.4 Å². The maximum Gasteiger partial charge on any atom is 0.262 e. The van der Waals surface area contributed by atoms with Gasteiger partial charge >= 0.3 is 0 Å². The third-order valence-electron chi connectivity index (χ3n) is 3.74. The minimum absolute atomic E-state index is 0.0583. The molecule has 2 aromatic carbocycles. The minimum atomic E-state index is -0.406. The molecule has 0 heterocycles. The highest BCUT2D eigenvalue weighted by Gasteiger charge is 2.10. The van der Waals surface area contributed by atoms with Gasteiger partial charge in [-0.3, -0.25) is 4.79 Å². The van der Waals surface area contributed by atoms with Crippen molar-refractivity contribution in [2.45, 2.75) is 6.54 Å². The lowest BCUT2D eigenvalue weighted by Gasteiger charge is -2.14. The van der Waals surface area contributed by atoms with Gasteiger partial charge in [-0.05, 0) is 57.4 Å². The Morgan fingerprint density at radius 1 is 1.27 bits per heavy atom. The summed E-state index contributed by atoms with van der Waals surface area (Å²) in [6, 6.07) is 15.0. The van der Waals surface area contributed by atoms with Crippen LogP contribution in [0, 0.1) is 11.3 Å². The fourth-order valence-corrected chi connectivity index (χ4v) is 3.06. The molecule has 1 amide bonds. The van der Waals surface area contributed by atoms with E-state index >= 15 is 0 Å². The smallest absolute Gasteiger partial charge is 0.262 e. The highest BCUT2D eigenvalue weighted by atomic mass is 79.9. The van der Waals surface area contributed by atoms with Crippen molar-refractivity contribution in [1.29, 1.82) is 5.26 Å². The van der Waals surface area contributed by atoms with Gasteiger partial charge in [-0.1, -0.05) is 18.2 Å². The monoisotopic (exact) mass is 413 g/mol. The number of nitrogens with one attached hydrogen (secondary N) is 1. The molecule has 5 nitrogen and oxygen atoms in total. The van der Waals surface area contributed by atoms with Gasteiger partial charge in [0.15, 0.2) is 0 Å². The Labute approximate surface area is 162 Å². The van der Waals surface area contributed by atoms with E-state index in [-0.39, 0.29) is 5.57 Å². The van der Waals surface area contributed by atoms with Crippen LogP contribution in [0.1, 0.15) is 11.1 Å². The lowest BCUT2D eigenvalue weighted by molar-refractivity contribution is -0.117. The van der Waals surface area contributed by atoms with Crippen LogP contribution in [0.3, 0.4) is 0 Å². The zero-order valence-corrected chi connectivity index (χ0v) is 16.5. The molecule has 0 aliphatic rings. The highest BCUT2D eigenvalue weighted by molar-refractivity contribution is 9.10. The third-order valence-corrected chi connectivity index (χ3v) is 4.38. The van der Waals surface area contributed by atoms with Gasteiger partial charge in [0, 0.05) is 25.1 Å². The Bertz CT molecular complexity index is 852. The molecule has 0 radical (unpaired) electrons. The molecule has 0 aliphatic carbocycles. The van der Waals surface area contributed by atoms with Crippen LogP contribution < -0.4 is 15.0 Å². The fraction of sp³-hybridized carbons (Fsp3) is 0.200. The number of halogens is 1. The van der Waals surface area contributed by atoms with Gasteiger partial charge in [-0.15, -0.1) is 0 Å². The summed E-state index contributed by atoms with van der Waals surface area (Å²) in [5, 5.41) is 12.1. The van der Waals surface area contributed by atoms with Crippen molar-refractivity contribution in [2.24, 2.45) is 0 Å². The fourth-order valence-electron chi connectivity index (χ4n) is 2.31. The quantitative estimate of drug-likeness (QED) is 0.578. The van der Waals surface area contributed by atoms with Crippen LogP contribution in [-0.4, -0.2) is 27.1 Å². The van der Waals surface area contributed by atoms with Crippen molar-refractivity contribution in [3.63, 3.8) is 0 Å². The predicted molar refractivity (Wildman–Crippen MR) is 107 cm³/mol. The van der Waals surface area contributed by atoms with Crippen LogP contribution in [0.5, 0.6) is 5.75 Å². The second kappa shape index (κ2) is 9.07. The highest BCUT2D eigenvalue weighted by Crippen LogP contribution is 2.26. The van der Waals surface area contributed by atoms with Crippen LogP contribution in [0.25, 0.3) is 6.08 Å². The zero-order chi connectivity index (χ0) is 19.1. The normalized spacial score (nSPS) is 10.8. The first-order valence-corrected chi connectivity index (χ1v) is 8.73. The van der Waals surface area contributed by atoms with Gasteiger partial charge in [0.2, 0.25) is 0 Å². The number of carbonyl (C=O) groups excluding carboxylic acids is 1. The Hall–Kier alpha value is -2.78. The van der Waals surface area contributed by atoms with Crippen molar-refractivity contribution < 1.29 is 9.53 Å². The number of nitrogens with zero attached hydrogens (tertiary/aromatic N) is 2. The number of benzene rings is 2. The largest absolute Gasteiger partial charge is 0.497 e. The molecule has 2 rings (SSSR count). The van der Waals surface area contributed by atoms with E-state index < -0.39 is 5.91 Å². The van der Waals surface area contributed by atoms with E-state index in [4.69, 9.17) is 4.74 Å². The molecular weight excluding hydrogens is 394 g/mol. The number of hydrogen-bond donors (Lipinski definition) is 1. The number of nitriles is 1. The van der Waals surface area contributed by atoms with Gasteiger partial charge in [0.25, 0.3) is 5.91 Å². The molecule has 2 aromatic rings. The van der Waals surface area contributed by atoms with E-state index in [0.717, 1.165) is 27.0 Å². The van der Waals surface area contributed by atoms with E-state index in [1.54, 1.807) is 13.2 Å². The molecule has 0 atom stereocenters. The summed E-state index contributed by atoms with van der Waals surface area (Å²) in [5.41, 5.74) is 2.78. The minimum Gasteiger partial charge on any atom is -0.497 e. The van der Waals surface area contributed by atoms with E-state index in [2.05, 4.69) is 21.2 Å².